The van der Waals surface area contributed by atoms with Gasteiger partial charge in [0.15, 0.2) is 11.2 Å². The normalized spacial score (nSPS) is 25.9. The van der Waals surface area contributed by atoms with Gasteiger partial charge in [0.1, 0.15) is 5.75 Å². The van der Waals surface area contributed by atoms with Crippen LogP contribution in [0.25, 0.3) is 10.8 Å². The maximum atomic E-state index is 13.9. The minimum absolute atomic E-state index is 0.113. The molecule has 1 aliphatic carbocycles. The molecule has 31 heavy (non-hydrogen) atoms. The number of ether oxygens (including phenoxy) is 2. The fourth-order valence-electron chi connectivity index (χ4n) is 5.57. The molecule has 1 heterocycles. The van der Waals surface area contributed by atoms with Gasteiger partial charge in [-0.25, -0.2) is 0 Å². The summed E-state index contributed by atoms with van der Waals surface area (Å²) in [6.07, 6.45) is 0.308. The Labute approximate surface area is 180 Å². The fourth-order valence-corrected chi connectivity index (χ4v) is 5.57. The molecule has 0 aromatic heterocycles. The number of benzene rings is 3. The monoisotopic (exact) mass is 414 g/mol. The van der Waals surface area contributed by atoms with E-state index in [0.717, 1.165) is 16.3 Å². The summed E-state index contributed by atoms with van der Waals surface area (Å²) >= 11 is 0. The molecule has 3 aromatic carbocycles. The molecule has 156 valence electrons. The molecule has 0 amide bonds. The van der Waals surface area contributed by atoms with E-state index >= 15 is 0 Å². The predicted molar refractivity (Wildman–Crippen MR) is 115 cm³/mol. The first-order valence-electron chi connectivity index (χ1n) is 10.5. The Bertz CT molecular complexity index is 1230. The Kier molecular flexibility index (Phi) is 4.26. The van der Waals surface area contributed by atoms with Crippen molar-refractivity contribution in [1.29, 1.82) is 0 Å². The van der Waals surface area contributed by atoms with Gasteiger partial charge in [0.25, 0.3) is 0 Å². The summed E-state index contributed by atoms with van der Waals surface area (Å²) in [5.41, 5.74) is -1.73. The number of hydrogen-bond donors (Lipinski definition) is 0. The number of Topliss-reactive ketones (excluding diaryl/α,β-unsaturated/α-hetero) is 1. The van der Waals surface area contributed by atoms with Gasteiger partial charge >= 0.3 is 11.9 Å². The third-order valence-electron chi connectivity index (χ3n) is 6.89. The molecule has 1 saturated carbocycles. The van der Waals surface area contributed by atoms with Crippen molar-refractivity contribution in [2.75, 3.05) is 6.61 Å². The quantitative estimate of drug-likeness (QED) is 0.262. The van der Waals surface area contributed by atoms with E-state index in [0.29, 0.717) is 17.7 Å². The van der Waals surface area contributed by atoms with E-state index in [2.05, 4.69) is 0 Å². The van der Waals surface area contributed by atoms with Crippen molar-refractivity contribution in [3.8, 4) is 5.75 Å². The average Bonchev–Trinajstić information content (AvgIpc) is 3.45. The summed E-state index contributed by atoms with van der Waals surface area (Å²) < 4.78 is 11.1. The highest BCUT2D eigenvalue weighted by atomic mass is 16.6. The molecule has 0 spiro atoms. The zero-order valence-corrected chi connectivity index (χ0v) is 17.4. The van der Waals surface area contributed by atoms with E-state index in [-0.39, 0.29) is 12.4 Å². The van der Waals surface area contributed by atoms with E-state index in [1.165, 1.54) is 0 Å². The van der Waals surface area contributed by atoms with Crippen LogP contribution in [0.3, 0.4) is 0 Å². The summed E-state index contributed by atoms with van der Waals surface area (Å²) in [5, 5.41) is 1.84. The van der Waals surface area contributed by atoms with E-state index in [4.69, 9.17) is 9.47 Å². The van der Waals surface area contributed by atoms with E-state index in [1.54, 1.807) is 37.3 Å². The second-order valence-corrected chi connectivity index (χ2v) is 8.07. The lowest BCUT2D eigenvalue weighted by Gasteiger charge is -2.23. The third kappa shape index (κ3) is 2.29. The molecular weight excluding hydrogens is 392 g/mol. The van der Waals surface area contributed by atoms with Crippen LogP contribution < -0.4 is 4.74 Å². The number of rotatable bonds is 5. The second kappa shape index (κ2) is 6.77. The SMILES string of the molecule is CCOC(=O)[C@]12C(=O)Oc3ccc4ccccc4c3[C@@H]1[C@@]2(CC)C(=O)c1ccccc1. The van der Waals surface area contributed by atoms with Crippen molar-refractivity contribution >= 4 is 28.5 Å². The van der Waals surface area contributed by atoms with Crippen LogP contribution in [-0.2, 0) is 14.3 Å². The molecule has 0 radical (unpaired) electrons. The van der Waals surface area contributed by atoms with Crippen molar-refractivity contribution in [2.24, 2.45) is 10.8 Å². The zero-order valence-electron chi connectivity index (χ0n) is 17.4. The summed E-state index contributed by atoms with van der Waals surface area (Å²) in [6.45, 7) is 3.65. The minimum atomic E-state index is -1.68. The molecule has 3 aromatic rings. The number of ketones is 1. The molecule has 0 bridgehead atoms. The molecule has 5 nitrogen and oxygen atoms in total. The van der Waals surface area contributed by atoms with Crippen molar-refractivity contribution in [2.45, 2.75) is 26.2 Å². The lowest BCUT2D eigenvalue weighted by molar-refractivity contribution is -0.162. The number of esters is 2. The van der Waals surface area contributed by atoms with Gasteiger partial charge in [-0.1, -0.05) is 67.6 Å². The van der Waals surface area contributed by atoms with Crippen LogP contribution in [0.1, 0.15) is 42.1 Å². The van der Waals surface area contributed by atoms with Gasteiger partial charge in [-0.15, -0.1) is 0 Å². The van der Waals surface area contributed by atoms with Gasteiger partial charge in [0, 0.05) is 17.0 Å². The smallest absolute Gasteiger partial charge is 0.330 e. The van der Waals surface area contributed by atoms with Crippen LogP contribution in [-0.4, -0.2) is 24.3 Å². The lowest BCUT2D eigenvalue weighted by atomic mass is 9.83. The van der Waals surface area contributed by atoms with Crippen LogP contribution in [0.5, 0.6) is 5.75 Å². The standard InChI is InChI=1S/C26H22O5/c1-3-25(22(27)17-11-6-5-7-12-17)21-20-18-13-9-8-10-16(18)14-15-19(20)31-24(29)26(21,25)23(28)30-4-2/h5-15,21H,3-4H2,1-2H3/t21-,25+,26+/m1/s1. The molecule has 2 aliphatic rings. The lowest BCUT2D eigenvalue weighted by Crippen LogP contribution is -2.40. The highest BCUT2D eigenvalue weighted by Gasteiger charge is 2.90. The molecule has 0 saturated heterocycles. The van der Waals surface area contributed by atoms with E-state index in [9.17, 15) is 14.4 Å². The number of carbonyl (C=O) groups excluding carboxylic acids is 3. The highest BCUT2D eigenvalue weighted by molar-refractivity contribution is 6.21. The molecule has 0 N–H and O–H groups in total. The Balaban J connectivity index is 1.81. The first-order valence-corrected chi connectivity index (χ1v) is 10.5. The molecular formula is C26H22O5. The molecule has 1 aliphatic heterocycles. The van der Waals surface area contributed by atoms with E-state index in [1.807, 2.05) is 43.3 Å². The Morgan fingerprint density at radius 1 is 0.968 bits per heavy atom. The molecule has 5 rings (SSSR count). The summed E-state index contributed by atoms with van der Waals surface area (Å²) in [4.78, 5) is 40.7. The van der Waals surface area contributed by atoms with Gasteiger partial charge in [-0.05, 0) is 30.2 Å². The average molecular weight is 414 g/mol. The Hall–Kier alpha value is -3.47. The van der Waals surface area contributed by atoms with Gasteiger partial charge in [0.2, 0.25) is 0 Å². The van der Waals surface area contributed by atoms with Crippen molar-refractivity contribution in [3.63, 3.8) is 0 Å². The van der Waals surface area contributed by atoms with Gasteiger partial charge in [0.05, 0.1) is 12.0 Å². The topological polar surface area (TPSA) is 69.7 Å². The van der Waals surface area contributed by atoms with Crippen LogP contribution in [0, 0.1) is 10.8 Å². The minimum Gasteiger partial charge on any atom is -0.465 e. The summed E-state index contributed by atoms with van der Waals surface area (Å²) in [6, 6.07) is 20.2. The van der Waals surface area contributed by atoms with Crippen molar-refractivity contribution in [1.82, 2.24) is 0 Å². The fraction of sp³-hybridized carbons (Fsp3) is 0.269. The highest BCUT2D eigenvalue weighted by Crippen LogP contribution is 2.80. The zero-order chi connectivity index (χ0) is 21.8. The Morgan fingerprint density at radius 3 is 2.39 bits per heavy atom. The molecule has 0 unspecified atom stereocenters. The molecule has 3 atom stereocenters. The molecule has 1 fully saturated rings. The maximum Gasteiger partial charge on any atom is 0.330 e. The Morgan fingerprint density at radius 2 is 1.68 bits per heavy atom. The largest absolute Gasteiger partial charge is 0.465 e. The van der Waals surface area contributed by atoms with Crippen LogP contribution in [0.2, 0.25) is 0 Å². The third-order valence-corrected chi connectivity index (χ3v) is 6.89. The predicted octanol–water partition coefficient (Wildman–Crippen LogP) is 4.68. The first kappa shape index (κ1) is 19.5. The summed E-state index contributed by atoms with van der Waals surface area (Å²) in [7, 11) is 0. The van der Waals surface area contributed by atoms with Gasteiger partial charge in [-0.3, -0.25) is 14.4 Å². The first-order chi connectivity index (χ1) is 15.0. The number of hydrogen-bond acceptors (Lipinski definition) is 5. The van der Waals surface area contributed by atoms with Crippen LogP contribution >= 0.6 is 0 Å². The van der Waals surface area contributed by atoms with Gasteiger partial charge < -0.3 is 9.47 Å². The van der Waals surface area contributed by atoms with E-state index < -0.39 is 28.7 Å². The van der Waals surface area contributed by atoms with Crippen molar-refractivity contribution in [3.05, 3.63) is 77.9 Å². The number of fused-ring (bicyclic) bond motifs is 5. The molecule has 5 heteroatoms. The van der Waals surface area contributed by atoms with Gasteiger partial charge in [-0.2, -0.15) is 0 Å². The number of carbonyl (C=O) groups is 3. The summed E-state index contributed by atoms with van der Waals surface area (Å²) in [5.74, 6) is -1.85. The maximum absolute atomic E-state index is 13.9. The van der Waals surface area contributed by atoms with Crippen LogP contribution in [0.15, 0.2) is 66.7 Å². The van der Waals surface area contributed by atoms with Crippen LogP contribution in [0.4, 0.5) is 0 Å². The second-order valence-electron chi connectivity index (χ2n) is 8.07. The van der Waals surface area contributed by atoms with Crippen molar-refractivity contribution < 1.29 is 23.9 Å².